The highest BCUT2D eigenvalue weighted by Gasteiger charge is 2.31. The number of hydrogen-bond donors (Lipinski definition) is 11. The van der Waals surface area contributed by atoms with Gasteiger partial charge in [0, 0.05) is 25.9 Å². The maximum absolute atomic E-state index is 13.5. The SMILES string of the molecule is Cl.Cl.Cl.NCCC[C@@H]1NC(=O)[C@@H](N)Cc2cc(ccc2O)-c2ccc(O)c(c2)C[C@@H](C(=O)N[C@@H](CO)C(=O)NCC(O)CN)NC1=O. The Morgan fingerprint density at radius 2 is 1.49 bits per heavy atom. The highest BCUT2D eigenvalue weighted by Crippen LogP contribution is 2.31. The van der Waals surface area contributed by atoms with Gasteiger partial charge in [0.1, 0.15) is 29.6 Å². The molecule has 0 saturated carbocycles. The lowest BCUT2D eigenvalue weighted by atomic mass is 9.95. The summed E-state index contributed by atoms with van der Waals surface area (Å²) in [5, 5.41) is 50.5. The molecule has 1 aliphatic rings. The number of phenolic OH excluding ortho intramolecular Hbond substituents is 2. The molecule has 4 bridgehead atoms. The fourth-order valence-electron chi connectivity index (χ4n) is 4.65. The van der Waals surface area contributed by atoms with Crippen LogP contribution in [0.3, 0.4) is 0 Å². The number of carbonyl (C=O) groups is 4. The molecule has 14 N–H and O–H groups in total. The number of benzene rings is 2. The van der Waals surface area contributed by atoms with E-state index in [4.69, 9.17) is 17.2 Å². The monoisotopic (exact) mass is 723 g/mol. The summed E-state index contributed by atoms with van der Waals surface area (Å²) in [5.41, 5.74) is 19.0. The normalized spacial score (nSPS) is 19.0. The van der Waals surface area contributed by atoms with E-state index in [1.54, 1.807) is 24.3 Å². The predicted molar refractivity (Wildman–Crippen MR) is 182 cm³/mol. The Morgan fingerprint density at radius 3 is 2.02 bits per heavy atom. The van der Waals surface area contributed by atoms with E-state index in [-0.39, 0.29) is 93.2 Å². The van der Waals surface area contributed by atoms with Gasteiger partial charge in [-0.15, -0.1) is 37.2 Å². The van der Waals surface area contributed by atoms with Gasteiger partial charge in [-0.05, 0) is 65.9 Å². The van der Waals surface area contributed by atoms with E-state index < -0.39 is 60.5 Å². The van der Waals surface area contributed by atoms with E-state index in [0.717, 1.165) is 0 Å². The van der Waals surface area contributed by atoms with Gasteiger partial charge in [0.05, 0.1) is 18.8 Å². The third-order valence-electron chi connectivity index (χ3n) is 7.26. The van der Waals surface area contributed by atoms with Crippen LogP contribution in [0.5, 0.6) is 11.5 Å². The average Bonchev–Trinajstić information content (AvgIpc) is 3.01. The van der Waals surface area contributed by atoms with Gasteiger partial charge < -0.3 is 58.9 Å². The molecule has 0 saturated heterocycles. The fourth-order valence-corrected chi connectivity index (χ4v) is 4.65. The van der Waals surface area contributed by atoms with Crippen LogP contribution in [0.1, 0.15) is 24.0 Å². The largest absolute Gasteiger partial charge is 0.508 e. The van der Waals surface area contributed by atoms with Crippen LogP contribution in [0.4, 0.5) is 0 Å². The zero-order valence-corrected chi connectivity index (χ0v) is 27.8. The summed E-state index contributed by atoms with van der Waals surface area (Å²) in [4.78, 5) is 52.6. The summed E-state index contributed by atoms with van der Waals surface area (Å²) < 4.78 is 0. The molecule has 2 aromatic carbocycles. The molecular weight excluding hydrogens is 681 g/mol. The number of rotatable bonds is 10. The van der Waals surface area contributed by atoms with Crippen molar-refractivity contribution in [1.29, 1.82) is 0 Å². The van der Waals surface area contributed by atoms with Gasteiger partial charge in [0.2, 0.25) is 23.6 Å². The second-order valence-corrected chi connectivity index (χ2v) is 10.6. The smallest absolute Gasteiger partial charge is 0.245 e. The quantitative estimate of drug-likeness (QED) is 0.129. The number of hydrogen-bond acceptors (Lipinski definition) is 11. The summed E-state index contributed by atoms with van der Waals surface area (Å²) in [7, 11) is 0. The average molecular weight is 725 g/mol. The molecule has 15 nitrogen and oxygen atoms in total. The van der Waals surface area contributed by atoms with E-state index in [1.807, 2.05) is 0 Å². The standard InChI is InChI=1S/C29H41N7O8.3ClH/c30-7-1-2-21-28(43)35-22(29(44)36-23(14-37)27(42)33-13-19(38)12-31)11-18-9-16(4-6-25(18)40)15-3-5-24(39)17(8-15)10-20(32)26(41)34-21;;;/h3-6,8-9,19-23,37-40H,1-2,7,10-14,30-32H2,(H,33,42)(H,34,41)(H,35,43)(H,36,44);3*1H/t19?,20-,21-,22-,23-;;;/m0.../s1. The van der Waals surface area contributed by atoms with Gasteiger partial charge >= 0.3 is 0 Å². The molecule has 0 fully saturated rings. The lowest BCUT2D eigenvalue weighted by Crippen LogP contribution is -2.59. The molecule has 2 aromatic rings. The maximum Gasteiger partial charge on any atom is 0.245 e. The lowest BCUT2D eigenvalue weighted by molar-refractivity contribution is -0.134. The minimum atomic E-state index is -1.44. The van der Waals surface area contributed by atoms with Crippen molar-refractivity contribution in [2.24, 2.45) is 17.2 Å². The summed E-state index contributed by atoms with van der Waals surface area (Å²) >= 11 is 0. The highest BCUT2D eigenvalue weighted by molar-refractivity contribution is 5.95. The molecule has 3 rings (SSSR count). The van der Waals surface area contributed by atoms with Gasteiger partial charge in [-0.25, -0.2) is 0 Å². The van der Waals surface area contributed by atoms with Gasteiger partial charge in [-0.3, -0.25) is 19.2 Å². The minimum Gasteiger partial charge on any atom is -0.508 e. The van der Waals surface area contributed by atoms with Crippen LogP contribution in [0.15, 0.2) is 36.4 Å². The van der Waals surface area contributed by atoms with E-state index in [9.17, 15) is 39.6 Å². The Bertz CT molecular complexity index is 1360. The Morgan fingerprint density at radius 1 is 0.915 bits per heavy atom. The molecule has 1 heterocycles. The number of phenols is 2. The molecule has 0 spiro atoms. The molecule has 18 heteroatoms. The molecule has 4 amide bonds. The van der Waals surface area contributed by atoms with Gasteiger partial charge in [0.15, 0.2) is 0 Å². The van der Waals surface area contributed by atoms with Gasteiger partial charge in [-0.2, -0.15) is 0 Å². The first kappa shape index (κ1) is 43.6. The van der Waals surface area contributed by atoms with Crippen molar-refractivity contribution in [2.45, 2.75) is 56.0 Å². The van der Waals surface area contributed by atoms with E-state index in [0.29, 0.717) is 23.1 Å². The summed E-state index contributed by atoms with van der Waals surface area (Å²) in [6.07, 6.45) is -0.866. The molecule has 1 aliphatic heterocycles. The number of nitrogens with one attached hydrogen (secondary N) is 4. The first-order chi connectivity index (χ1) is 21.0. The Kier molecular flexibility index (Phi) is 19.2. The van der Waals surface area contributed by atoms with Crippen LogP contribution >= 0.6 is 37.2 Å². The Hall–Kier alpha value is -3.41. The Labute approximate surface area is 290 Å². The van der Waals surface area contributed by atoms with E-state index >= 15 is 0 Å². The Balaban J connectivity index is 0.00000705. The zero-order chi connectivity index (χ0) is 32.4. The van der Waals surface area contributed by atoms with E-state index in [2.05, 4.69) is 21.3 Å². The number of aliphatic hydroxyl groups is 2. The molecule has 0 aromatic heterocycles. The molecular formula is C29H44Cl3N7O8. The first-order valence-corrected chi connectivity index (χ1v) is 14.2. The van der Waals surface area contributed by atoms with Crippen LogP contribution in [-0.4, -0.2) is 101 Å². The second-order valence-electron chi connectivity index (χ2n) is 10.6. The van der Waals surface area contributed by atoms with Crippen LogP contribution < -0.4 is 38.5 Å². The number of amides is 4. The number of halogens is 3. The van der Waals surface area contributed by atoms with Crippen molar-refractivity contribution >= 4 is 60.8 Å². The lowest BCUT2D eigenvalue weighted by Gasteiger charge is -2.26. The van der Waals surface area contributed by atoms with E-state index in [1.165, 1.54) is 12.1 Å². The summed E-state index contributed by atoms with van der Waals surface area (Å²) in [6, 6.07) is 4.29. The van der Waals surface area contributed by atoms with Crippen molar-refractivity contribution in [3.63, 3.8) is 0 Å². The zero-order valence-electron chi connectivity index (χ0n) is 25.4. The van der Waals surface area contributed by atoms with Gasteiger partial charge in [-0.1, -0.05) is 12.1 Å². The van der Waals surface area contributed by atoms with Crippen LogP contribution in [0.25, 0.3) is 11.1 Å². The van der Waals surface area contributed by atoms with Crippen molar-refractivity contribution in [2.75, 3.05) is 26.2 Å². The minimum absolute atomic E-state index is 0. The number of nitrogens with two attached hydrogens (primary N) is 3. The molecule has 5 atom stereocenters. The molecule has 264 valence electrons. The second kappa shape index (κ2) is 20.7. The van der Waals surface area contributed by atoms with Crippen LogP contribution in [0, 0.1) is 0 Å². The van der Waals surface area contributed by atoms with Crippen molar-refractivity contribution in [3.05, 3.63) is 47.5 Å². The van der Waals surface area contributed by atoms with Crippen LogP contribution in [0.2, 0.25) is 0 Å². The third kappa shape index (κ3) is 12.3. The number of aromatic hydroxyl groups is 2. The summed E-state index contributed by atoms with van der Waals surface area (Å²) in [5.74, 6) is -3.33. The topological polar surface area (TPSA) is 275 Å². The first-order valence-electron chi connectivity index (χ1n) is 14.2. The highest BCUT2D eigenvalue weighted by atomic mass is 35.5. The number of aliphatic hydroxyl groups excluding tert-OH is 2. The fraction of sp³-hybridized carbons (Fsp3) is 0.448. The number of fused-ring (bicyclic) bond motifs is 5. The predicted octanol–water partition coefficient (Wildman–Crippen LogP) is -1.92. The number of carbonyl (C=O) groups excluding carboxylic acids is 4. The van der Waals surface area contributed by atoms with Crippen LogP contribution in [-0.2, 0) is 32.0 Å². The molecule has 0 aliphatic carbocycles. The molecule has 47 heavy (non-hydrogen) atoms. The third-order valence-corrected chi connectivity index (χ3v) is 7.26. The maximum atomic E-state index is 13.5. The van der Waals surface area contributed by atoms with Crippen molar-refractivity contribution in [3.8, 4) is 22.6 Å². The summed E-state index contributed by atoms with van der Waals surface area (Å²) in [6.45, 7) is -0.922. The van der Waals surface area contributed by atoms with Gasteiger partial charge in [0.25, 0.3) is 0 Å². The molecule has 1 unspecified atom stereocenters. The van der Waals surface area contributed by atoms with Crippen molar-refractivity contribution in [1.82, 2.24) is 21.3 Å². The molecule has 0 radical (unpaired) electrons. The van der Waals surface area contributed by atoms with Crippen molar-refractivity contribution < 1.29 is 39.6 Å².